The molecular weight excluding hydrogens is 386 g/mol. The number of likely N-dealkylation sites (tertiary alicyclic amines) is 1. The molecule has 0 aliphatic carbocycles. The Kier molecular flexibility index (Phi) is 5.80. The van der Waals surface area contributed by atoms with Gasteiger partial charge in [-0.3, -0.25) is 9.69 Å². The Hall–Kier alpha value is -2.99. The van der Waals surface area contributed by atoms with Gasteiger partial charge in [-0.2, -0.15) is 0 Å². The quantitative estimate of drug-likeness (QED) is 0.692. The Labute approximate surface area is 183 Å². The van der Waals surface area contributed by atoms with Gasteiger partial charge in [-0.1, -0.05) is 60.7 Å². The first-order valence-corrected chi connectivity index (χ1v) is 11.3. The molecule has 2 aromatic carbocycles. The molecule has 1 unspecified atom stereocenters. The number of benzene rings is 2. The summed E-state index contributed by atoms with van der Waals surface area (Å²) in [6.45, 7) is 3.88. The Balaban J connectivity index is 1.20. The van der Waals surface area contributed by atoms with Crippen molar-refractivity contribution in [2.24, 2.45) is 0 Å². The van der Waals surface area contributed by atoms with E-state index in [1.54, 1.807) is 0 Å². The van der Waals surface area contributed by atoms with Crippen molar-refractivity contribution >= 4 is 5.91 Å². The van der Waals surface area contributed by atoms with Crippen molar-refractivity contribution < 1.29 is 4.79 Å². The third kappa shape index (κ3) is 4.39. The maximum atomic E-state index is 13.1. The minimum absolute atomic E-state index is 0.106. The van der Waals surface area contributed by atoms with Gasteiger partial charge in [0.15, 0.2) is 5.82 Å². The molecule has 31 heavy (non-hydrogen) atoms. The van der Waals surface area contributed by atoms with Crippen molar-refractivity contribution in [2.45, 2.75) is 50.7 Å². The van der Waals surface area contributed by atoms with Crippen molar-refractivity contribution in [3.05, 3.63) is 72.1 Å². The van der Waals surface area contributed by atoms with Crippen molar-refractivity contribution in [1.82, 2.24) is 25.0 Å². The van der Waals surface area contributed by atoms with Gasteiger partial charge in [0.25, 0.3) is 0 Å². The van der Waals surface area contributed by atoms with Crippen LogP contribution in [-0.4, -0.2) is 44.7 Å². The van der Waals surface area contributed by atoms with Crippen molar-refractivity contribution in [3.63, 3.8) is 0 Å². The van der Waals surface area contributed by atoms with E-state index in [9.17, 15) is 4.79 Å². The van der Waals surface area contributed by atoms with Gasteiger partial charge in [0.1, 0.15) is 5.82 Å². The molecule has 3 heterocycles. The summed E-state index contributed by atoms with van der Waals surface area (Å²) < 4.78 is 2.13. The second-order valence-electron chi connectivity index (χ2n) is 8.64. The molecule has 1 N–H and O–H groups in total. The van der Waals surface area contributed by atoms with Gasteiger partial charge in [0.05, 0.1) is 5.92 Å². The van der Waals surface area contributed by atoms with Gasteiger partial charge < -0.3 is 9.88 Å². The number of piperidine rings is 1. The van der Waals surface area contributed by atoms with Crippen LogP contribution in [0.4, 0.5) is 0 Å². The number of hydrogen-bond donors (Lipinski definition) is 1. The van der Waals surface area contributed by atoms with Gasteiger partial charge in [0, 0.05) is 37.8 Å². The predicted molar refractivity (Wildman–Crippen MR) is 120 cm³/mol. The fourth-order valence-corrected chi connectivity index (χ4v) is 4.80. The number of carbonyl (C=O) groups is 1. The summed E-state index contributed by atoms with van der Waals surface area (Å²) in [6, 6.07) is 20.9. The molecule has 6 heteroatoms. The molecule has 2 aliphatic rings. The summed E-state index contributed by atoms with van der Waals surface area (Å²) in [5.41, 5.74) is 2.40. The summed E-state index contributed by atoms with van der Waals surface area (Å²) in [6.07, 6.45) is 3.80. The first kappa shape index (κ1) is 19.9. The number of carbonyl (C=O) groups excluding carboxylic acids is 1. The third-order valence-electron chi connectivity index (χ3n) is 6.50. The van der Waals surface area contributed by atoms with E-state index in [2.05, 4.69) is 55.3 Å². The molecule has 0 bridgehead atoms. The van der Waals surface area contributed by atoms with Gasteiger partial charge in [-0.05, 0) is 31.2 Å². The zero-order valence-electron chi connectivity index (χ0n) is 17.8. The van der Waals surface area contributed by atoms with Gasteiger partial charge in [-0.15, -0.1) is 10.2 Å². The molecular formula is C25H29N5O. The van der Waals surface area contributed by atoms with Crippen LogP contribution in [0.1, 0.15) is 43.0 Å². The largest absolute Gasteiger partial charge is 0.353 e. The first-order valence-electron chi connectivity index (χ1n) is 11.3. The molecule has 1 atom stereocenters. The lowest BCUT2D eigenvalue weighted by Crippen LogP contribution is -2.46. The lowest BCUT2D eigenvalue weighted by Gasteiger charge is -2.33. The molecule has 160 valence electrons. The number of hydrogen-bond acceptors (Lipinski definition) is 4. The third-order valence-corrected chi connectivity index (χ3v) is 6.50. The summed E-state index contributed by atoms with van der Waals surface area (Å²) in [5, 5.41) is 12.2. The van der Waals surface area contributed by atoms with Crippen LogP contribution in [0.15, 0.2) is 60.7 Å². The van der Waals surface area contributed by atoms with Gasteiger partial charge >= 0.3 is 0 Å². The van der Waals surface area contributed by atoms with Crippen LogP contribution in [-0.2, 0) is 17.9 Å². The van der Waals surface area contributed by atoms with Gasteiger partial charge in [0.2, 0.25) is 5.91 Å². The molecule has 0 spiro atoms. The molecule has 5 rings (SSSR count). The maximum absolute atomic E-state index is 13.1. The first-order chi connectivity index (χ1) is 15.3. The van der Waals surface area contributed by atoms with E-state index in [0.29, 0.717) is 0 Å². The summed E-state index contributed by atoms with van der Waals surface area (Å²) in [7, 11) is 0. The van der Waals surface area contributed by atoms with Crippen molar-refractivity contribution in [2.75, 3.05) is 13.1 Å². The van der Waals surface area contributed by atoms with Crippen LogP contribution in [0.3, 0.4) is 0 Å². The standard InChI is InChI=1S/C25H29N5O/c31-25(26-21-13-16-29(17-14-21)18-19-8-3-1-4-9-19)22-12-7-15-30-23(27-28-24(22)30)20-10-5-2-6-11-20/h1-6,8-11,21-22H,7,12-18H2,(H,26,31). The number of nitrogens with one attached hydrogen (secondary N) is 1. The van der Waals surface area contributed by atoms with Crippen LogP contribution in [0.5, 0.6) is 0 Å². The molecule has 1 fully saturated rings. The average molecular weight is 416 g/mol. The maximum Gasteiger partial charge on any atom is 0.231 e. The van der Waals surface area contributed by atoms with Crippen LogP contribution < -0.4 is 5.32 Å². The highest BCUT2D eigenvalue weighted by Gasteiger charge is 2.32. The number of fused-ring (bicyclic) bond motifs is 1. The van der Waals surface area contributed by atoms with E-state index in [4.69, 9.17) is 0 Å². The molecule has 2 aliphatic heterocycles. The molecule has 3 aromatic rings. The SMILES string of the molecule is O=C(NC1CCN(Cc2ccccc2)CC1)C1CCCn2c(-c3ccccc3)nnc21. The van der Waals surface area contributed by atoms with E-state index < -0.39 is 0 Å². The van der Waals surface area contributed by atoms with E-state index in [1.807, 2.05) is 30.3 Å². The fraction of sp³-hybridized carbons (Fsp3) is 0.400. The number of aromatic nitrogens is 3. The zero-order chi connectivity index (χ0) is 21.0. The highest BCUT2D eigenvalue weighted by molar-refractivity contribution is 5.83. The fourth-order valence-electron chi connectivity index (χ4n) is 4.80. The highest BCUT2D eigenvalue weighted by Crippen LogP contribution is 2.30. The Morgan fingerprint density at radius 3 is 2.35 bits per heavy atom. The average Bonchev–Trinajstić information content (AvgIpc) is 3.26. The topological polar surface area (TPSA) is 63.1 Å². The van der Waals surface area contributed by atoms with Crippen LogP contribution in [0, 0.1) is 0 Å². The Bertz CT molecular complexity index is 1010. The van der Waals surface area contributed by atoms with Crippen molar-refractivity contribution in [3.8, 4) is 11.4 Å². The molecule has 1 saturated heterocycles. The number of amides is 1. The summed E-state index contributed by atoms with van der Waals surface area (Å²) >= 11 is 0. The van der Waals surface area contributed by atoms with Crippen molar-refractivity contribution in [1.29, 1.82) is 0 Å². The van der Waals surface area contributed by atoms with Crippen LogP contribution in [0.25, 0.3) is 11.4 Å². The number of rotatable bonds is 5. The predicted octanol–water partition coefficient (Wildman–Crippen LogP) is 3.60. The molecule has 0 radical (unpaired) electrons. The monoisotopic (exact) mass is 415 g/mol. The molecule has 1 aromatic heterocycles. The lowest BCUT2D eigenvalue weighted by molar-refractivity contribution is -0.124. The second kappa shape index (κ2) is 9.02. The summed E-state index contributed by atoms with van der Waals surface area (Å²) in [5.74, 6) is 1.57. The van der Waals surface area contributed by atoms with Gasteiger partial charge in [-0.25, -0.2) is 0 Å². The Morgan fingerprint density at radius 1 is 0.903 bits per heavy atom. The molecule has 6 nitrogen and oxygen atoms in total. The van der Waals surface area contributed by atoms with E-state index >= 15 is 0 Å². The minimum Gasteiger partial charge on any atom is -0.353 e. The number of nitrogens with zero attached hydrogens (tertiary/aromatic N) is 4. The normalized spacial score (nSPS) is 19.7. The van der Waals surface area contributed by atoms with Crippen LogP contribution >= 0.6 is 0 Å². The second-order valence-corrected chi connectivity index (χ2v) is 8.64. The van der Waals surface area contributed by atoms with E-state index in [0.717, 1.165) is 69.1 Å². The summed E-state index contributed by atoms with van der Waals surface area (Å²) in [4.78, 5) is 15.6. The van der Waals surface area contributed by atoms with Crippen LogP contribution in [0.2, 0.25) is 0 Å². The Morgan fingerprint density at radius 2 is 1.61 bits per heavy atom. The lowest BCUT2D eigenvalue weighted by atomic mass is 9.96. The van der Waals surface area contributed by atoms with E-state index in [1.165, 1.54) is 5.56 Å². The smallest absolute Gasteiger partial charge is 0.231 e. The van der Waals surface area contributed by atoms with E-state index in [-0.39, 0.29) is 17.9 Å². The zero-order valence-corrected chi connectivity index (χ0v) is 17.8. The molecule has 1 amide bonds. The minimum atomic E-state index is -0.207. The molecule has 0 saturated carbocycles. The highest BCUT2D eigenvalue weighted by atomic mass is 16.2.